The van der Waals surface area contributed by atoms with Crippen molar-refractivity contribution in [1.82, 2.24) is 0 Å². The zero-order valence-corrected chi connectivity index (χ0v) is 17.4. The van der Waals surface area contributed by atoms with Gasteiger partial charge in [0.15, 0.2) is 0 Å². The zero-order chi connectivity index (χ0) is 18.1. The van der Waals surface area contributed by atoms with Gasteiger partial charge >= 0.3 is 0 Å². The van der Waals surface area contributed by atoms with E-state index in [2.05, 4.69) is 24.3 Å². The molecule has 4 nitrogen and oxygen atoms in total. The summed E-state index contributed by atoms with van der Waals surface area (Å²) in [4.78, 5) is 2.35. The Morgan fingerprint density at radius 3 is 1.00 bits per heavy atom. The van der Waals surface area contributed by atoms with E-state index in [9.17, 15) is 0 Å². The van der Waals surface area contributed by atoms with E-state index < -0.39 is 0 Å². The number of benzene rings is 2. The molecule has 0 atom stereocenters. The third-order valence-corrected chi connectivity index (χ3v) is 5.22. The topological polar surface area (TPSA) is 36.9 Å². The van der Waals surface area contributed by atoms with Gasteiger partial charge < -0.3 is 18.9 Å². The molecular weight excluding hydrogens is 393 g/mol. The van der Waals surface area contributed by atoms with Crippen LogP contribution in [0.1, 0.15) is 22.3 Å². The first kappa shape index (κ1) is 28.6. The highest BCUT2D eigenvalue weighted by Crippen LogP contribution is 2.38. The minimum atomic E-state index is 0. The highest BCUT2D eigenvalue weighted by Gasteiger charge is 2.15. The standard InChI is InChI=1S/C20H26O4S.3FH/c1-21-11-15-7-5-8-16(12-22-2)19(15)25-20-17(13-23-3)9-6-10-18(20)14-24-4;;;/h5-10H,11-14H2,1-4H3;3*1H. The molecule has 0 unspecified atom stereocenters. The Balaban J connectivity index is 0. The van der Waals surface area contributed by atoms with Gasteiger partial charge in [0, 0.05) is 38.2 Å². The summed E-state index contributed by atoms with van der Waals surface area (Å²) < 4.78 is 21.6. The van der Waals surface area contributed by atoms with Gasteiger partial charge in [0.2, 0.25) is 0 Å². The molecule has 28 heavy (non-hydrogen) atoms. The summed E-state index contributed by atoms with van der Waals surface area (Å²) in [5.74, 6) is 0. The molecule has 0 aromatic heterocycles. The molecule has 0 saturated carbocycles. The molecule has 0 amide bonds. The smallest absolute Gasteiger partial charge is 0.0724 e. The normalized spacial score (nSPS) is 9.86. The molecule has 0 bridgehead atoms. The number of rotatable bonds is 10. The van der Waals surface area contributed by atoms with Crippen molar-refractivity contribution in [3.05, 3.63) is 58.7 Å². The van der Waals surface area contributed by atoms with Crippen molar-refractivity contribution < 1.29 is 33.1 Å². The van der Waals surface area contributed by atoms with Crippen LogP contribution < -0.4 is 0 Å². The highest BCUT2D eigenvalue weighted by atomic mass is 32.2. The average Bonchev–Trinajstić information content (AvgIpc) is 2.61. The minimum absolute atomic E-state index is 0. The summed E-state index contributed by atoms with van der Waals surface area (Å²) in [6.07, 6.45) is 0. The maximum Gasteiger partial charge on any atom is 0.0724 e. The minimum Gasteiger partial charge on any atom is -0.380 e. The highest BCUT2D eigenvalue weighted by molar-refractivity contribution is 7.99. The van der Waals surface area contributed by atoms with Crippen LogP contribution in [0.3, 0.4) is 0 Å². The average molecular weight is 423 g/mol. The van der Waals surface area contributed by atoms with Crippen LogP contribution in [0, 0.1) is 0 Å². The van der Waals surface area contributed by atoms with Gasteiger partial charge in [-0.3, -0.25) is 14.1 Å². The van der Waals surface area contributed by atoms with Crippen molar-refractivity contribution in [2.45, 2.75) is 36.2 Å². The van der Waals surface area contributed by atoms with Crippen molar-refractivity contribution >= 4 is 11.8 Å². The second-order valence-corrected chi connectivity index (χ2v) is 6.67. The number of ether oxygens (including phenoxy) is 4. The van der Waals surface area contributed by atoms with E-state index in [1.165, 1.54) is 9.79 Å². The Morgan fingerprint density at radius 2 is 0.786 bits per heavy atom. The van der Waals surface area contributed by atoms with E-state index >= 15 is 0 Å². The lowest BCUT2D eigenvalue weighted by Crippen LogP contribution is -2.01. The molecule has 2 rings (SSSR count). The molecule has 0 aliphatic heterocycles. The van der Waals surface area contributed by atoms with Crippen LogP contribution >= 0.6 is 11.8 Å². The lowest BCUT2D eigenvalue weighted by atomic mass is 10.1. The van der Waals surface area contributed by atoms with Crippen molar-refractivity contribution in [3.63, 3.8) is 0 Å². The van der Waals surface area contributed by atoms with Crippen LogP contribution in [0.2, 0.25) is 0 Å². The first-order valence-electron chi connectivity index (χ1n) is 8.10. The predicted octanol–water partition coefficient (Wildman–Crippen LogP) is 4.88. The largest absolute Gasteiger partial charge is 0.380 e. The van der Waals surface area contributed by atoms with Crippen molar-refractivity contribution in [2.75, 3.05) is 28.4 Å². The number of hydrogen-bond donors (Lipinski definition) is 0. The molecule has 0 aliphatic carbocycles. The Labute approximate surface area is 168 Å². The second kappa shape index (κ2) is 15.4. The molecule has 160 valence electrons. The molecule has 0 fully saturated rings. The fourth-order valence-corrected chi connectivity index (χ4v) is 3.95. The Hall–Kier alpha value is -1.58. The van der Waals surface area contributed by atoms with Crippen molar-refractivity contribution in [3.8, 4) is 0 Å². The second-order valence-electron chi connectivity index (χ2n) is 5.64. The van der Waals surface area contributed by atoms with Gasteiger partial charge in [-0.1, -0.05) is 48.2 Å². The van der Waals surface area contributed by atoms with Crippen LogP contribution in [0.25, 0.3) is 0 Å². The summed E-state index contributed by atoms with van der Waals surface area (Å²) in [5.41, 5.74) is 4.60. The predicted molar refractivity (Wildman–Crippen MR) is 107 cm³/mol. The maximum absolute atomic E-state index is 5.39. The van der Waals surface area contributed by atoms with E-state index in [-0.39, 0.29) is 14.1 Å². The Kier molecular flexibility index (Phi) is 15.7. The van der Waals surface area contributed by atoms with Crippen LogP contribution in [0.15, 0.2) is 46.2 Å². The fraction of sp³-hybridized carbons (Fsp3) is 0.400. The molecular formula is C20H29F3O4S. The van der Waals surface area contributed by atoms with Crippen LogP contribution in [0.5, 0.6) is 0 Å². The molecule has 2 aromatic rings. The maximum atomic E-state index is 5.39. The summed E-state index contributed by atoms with van der Waals surface area (Å²) in [7, 11) is 6.86. The summed E-state index contributed by atoms with van der Waals surface area (Å²) in [5, 5.41) is 0. The number of halogens is 3. The van der Waals surface area contributed by atoms with Crippen LogP contribution in [0.4, 0.5) is 14.1 Å². The van der Waals surface area contributed by atoms with Gasteiger partial charge in [0.25, 0.3) is 0 Å². The molecule has 0 radical (unpaired) electrons. The first-order chi connectivity index (χ1) is 12.2. The van der Waals surface area contributed by atoms with E-state index in [4.69, 9.17) is 18.9 Å². The SMILES string of the molecule is COCc1cccc(COC)c1Sc1c(COC)cccc1COC.F.F.F. The third-order valence-electron chi connectivity index (χ3n) is 3.76. The molecule has 2 aromatic carbocycles. The van der Waals surface area contributed by atoms with Crippen LogP contribution in [-0.2, 0) is 45.4 Å². The first-order valence-corrected chi connectivity index (χ1v) is 8.91. The summed E-state index contributed by atoms with van der Waals surface area (Å²) in [6.45, 7) is 2.25. The van der Waals surface area contributed by atoms with Gasteiger partial charge in [0.1, 0.15) is 0 Å². The zero-order valence-electron chi connectivity index (χ0n) is 16.6. The lowest BCUT2D eigenvalue weighted by molar-refractivity contribution is 0.175. The molecule has 0 saturated heterocycles. The Bertz CT molecular complexity index is 580. The quantitative estimate of drug-likeness (QED) is 0.545. The van der Waals surface area contributed by atoms with Gasteiger partial charge in [-0.05, 0) is 22.3 Å². The van der Waals surface area contributed by atoms with E-state index in [1.807, 2.05) is 12.1 Å². The van der Waals surface area contributed by atoms with E-state index in [0.717, 1.165) is 22.3 Å². The van der Waals surface area contributed by atoms with Crippen molar-refractivity contribution in [2.24, 2.45) is 0 Å². The molecule has 0 heterocycles. The van der Waals surface area contributed by atoms with Gasteiger partial charge in [-0.2, -0.15) is 0 Å². The van der Waals surface area contributed by atoms with Gasteiger partial charge in [-0.25, -0.2) is 0 Å². The fourth-order valence-electron chi connectivity index (χ4n) is 2.72. The molecule has 0 N–H and O–H groups in total. The van der Waals surface area contributed by atoms with Gasteiger partial charge in [0.05, 0.1) is 26.4 Å². The lowest BCUT2D eigenvalue weighted by Gasteiger charge is -2.18. The monoisotopic (exact) mass is 422 g/mol. The van der Waals surface area contributed by atoms with Gasteiger partial charge in [-0.15, -0.1) is 0 Å². The van der Waals surface area contributed by atoms with E-state index in [0.29, 0.717) is 26.4 Å². The van der Waals surface area contributed by atoms with Crippen molar-refractivity contribution in [1.29, 1.82) is 0 Å². The van der Waals surface area contributed by atoms with E-state index in [1.54, 1.807) is 40.2 Å². The van der Waals surface area contributed by atoms with Crippen LogP contribution in [-0.4, -0.2) is 28.4 Å². The summed E-state index contributed by atoms with van der Waals surface area (Å²) in [6, 6.07) is 12.5. The number of methoxy groups -OCH3 is 4. The number of hydrogen-bond acceptors (Lipinski definition) is 5. The summed E-state index contributed by atoms with van der Waals surface area (Å²) >= 11 is 1.73. The molecule has 8 heteroatoms. The molecule has 0 spiro atoms. The Morgan fingerprint density at radius 1 is 0.536 bits per heavy atom. The third kappa shape index (κ3) is 7.44. The molecule has 0 aliphatic rings.